The highest BCUT2D eigenvalue weighted by Gasteiger charge is 2.16. The molecule has 0 saturated carbocycles. The number of amides is 1. The van der Waals surface area contributed by atoms with Crippen molar-refractivity contribution in [2.75, 3.05) is 13.7 Å². The average molecular weight is 280 g/mol. The van der Waals surface area contributed by atoms with Gasteiger partial charge in [-0.05, 0) is 18.2 Å². The number of methoxy groups -OCH3 is 1. The van der Waals surface area contributed by atoms with Gasteiger partial charge in [0.05, 0.1) is 6.26 Å². The van der Waals surface area contributed by atoms with E-state index in [0.717, 1.165) is 5.56 Å². The third-order valence-corrected chi connectivity index (χ3v) is 3.07. The third-order valence-electron chi connectivity index (χ3n) is 2.73. The minimum absolute atomic E-state index is 0.272. The largest absolute Gasteiger partial charge is 0.459 e. The Morgan fingerprint density at radius 3 is 2.79 bits per heavy atom. The third kappa shape index (κ3) is 3.36. The number of benzene rings is 1. The number of furan rings is 1. The number of halogens is 1. The highest BCUT2D eigenvalue weighted by molar-refractivity contribution is 6.31. The fourth-order valence-corrected chi connectivity index (χ4v) is 1.99. The lowest BCUT2D eigenvalue weighted by Gasteiger charge is -2.17. The summed E-state index contributed by atoms with van der Waals surface area (Å²) in [7, 11) is 1.58. The van der Waals surface area contributed by atoms with E-state index in [9.17, 15) is 4.79 Å². The van der Waals surface area contributed by atoms with Gasteiger partial charge in [0.15, 0.2) is 5.76 Å². The lowest BCUT2D eigenvalue weighted by molar-refractivity contribution is 0.0807. The average Bonchev–Trinajstić information content (AvgIpc) is 2.95. The summed E-state index contributed by atoms with van der Waals surface area (Å²) in [5.41, 5.74) is 0.839. The van der Waals surface area contributed by atoms with Crippen LogP contribution >= 0.6 is 11.6 Å². The van der Waals surface area contributed by atoms with E-state index in [2.05, 4.69) is 5.32 Å². The van der Waals surface area contributed by atoms with Crippen LogP contribution in [-0.4, -0.2) is 19.6 Å². The number of carbonyl (C=O) groups excluding carboxylic acids is 1. The maximum absolute atomic E-state index is 11.7. The summed E-state index contributed by atoms with van der Waals surface area (Å²) in [5.74, 6) is -0.00637. The topological polar surface area (TPSA) is 51.5 Å². The molecule has 2 aromatic rings. The van der Waals surface area contributed by atoms with E-state index in [0.29, 0.717) is 11.6 Å². The molecule has 0 spiro atoms. The van der Waals surface area contributed by atoms with Crippen molar-refractivity contribution in [3.05, 3.63) is 59.0 Å². The van der Waals surface area contributed by atoms with Crippen molar-refractivity contribution in [3.63, 3.8) is 0 Å². The van der Waals surface area contributed by atoms with Crippen molar-refractivity contribution >= 4 is 17.5 Å². The van der Waals surface area contributed by atoms with Gasteiger partial charge < -0.3 is 14.5 Å². The molecule has 19 heavy (non-hydrogen) atoms. The van der Waals surface area contributed by atoms with Crippen LogP contribution < -0.4 is 5.32 Å². The maximum Gasteiger partial charge on any atom is 0.287 e. The van der Waals surface area contributed by atoms with Crippen LogP contribution in [0, 0.1) is 0 Å². The molecule has 100 valence electrons. The zero-order valence-electron chi connectivity index (χ0n) is 10.4. The maximum atomic E-state index is 11.7. The van der Waals surface area contributed by atoms with Crippen molar-refractivity contribution in [1.29, 1.82) is 0 Å². The Morgan fingerprint density at radius 2 is 2.16 bits per heavy atom. The first-order chi connectivity index (χ1) is 9.22. The standard InChI is InChI=1S/C14H14ClNO3/c1-18-13(10-5-2-3-6-11(10)15)9-16-14(17)12-7-4-8-19-12/h2-8,13H,9H2,1H3,(H,16,17)/t13-/m0/s1. The van der Waals surface area contributed by atoms with Crippen molar-refractivity contribution in [2.45, 2.75) is 6.10 Å². The van der Waals surface area contributed by atoms with E-state index in [-0.39, 0.29) is 17.8 Å². The van der Waals surface area contributed by atoms with E-state index in [4.69, 9.17) is 20.8 Å². The summed E-state index contributed by atoms with van der Waals surface area (Å²) in [4.78, 5) is 11.7. The fourth-order valence-electron chi connectivity index (χ4n) is 1.74. The zero-order valence-corrected chi connectivity index (χ0v) is 11.2. The summed E-state index contributed by atoms with van der Waals surface area (Å²) in [5, 5.41) is 3.36. The summed E-state index contributed by atoms with van der Waals surface area (Å²) in [6.07, 6.45) is 1.16. The Morgan fingerprint density at radius 1 is 1.37 bits per heavy atom. The zero-order chi connectivity index (χ0) is 13.7. The predicted octanol–water partition coefficient (Wildman–Crippen LogP) is 3.05. The van der Waals surface area contributed by atoms with Gasteiger partial charge in [-0.1, -0.05) is 29.8 Å². The fraction of sp³-hybridized carbons (Fsp3) is 0.214. The lowest BCUT2D eigenvalue weighted by Crippen LogP contribution is -2.28. The molecule has 1 heterocycles. The monoisotopic (exact) mass is 279 g/mol. The van der Waals surface area contributed by atoms with Crippen molar-refractivity contribution in [1.82, 2.24) is 5.32 Å². The van der Waals surface area contributed by atoms with Crippen LogP contribution in [0.2, 0.25) is 5.02 Å². The van der Waals surface area contributed by atoms with E-state index < -0.39 is 0 Å². The summed E-state index contributed by atoms with van der Waals surface area (Å²) >= 11 is 6.10. The summed E-state index contributed by atoms with van der Waals surface area (Å²) in [6, 6.07) is 10.7. The predicted molar refractivity (Wildman–Crippen MR) is 72.2 cm³/mol. The van der Waals surface area contributed by atoms with Crippen molar-refractivity contribution in [2.24, 2.45) is 0 Å². The molecule has 4 nitrogen and oxygen atoms in total. The van der Waals surface area contributed by atoms with Crippen LogP contribution in [0.3, 0.4) is 0 Å². The van der Waals surface area contributed by atoms with Gasteiger partial charge in [-0.25, -0.2) is 0 Å². The first kappa shape index (κ1) is 13.6. The first-order valence-electron chi connectivity index (χ1n) is 5.81. The van der Waals surface area contributed by atoms with E-state index >= 15 is 0 Å². The molecule has 1 amide bonds. The van der Waals surface area contributed by atoms with Crippen LogP contribution in [-0.2, 0) is 4.74 Å². The first-order valence-corrected chi connectivity index (χ1v) is 6.19. The van der Waals surface area contributed by atoms with Gasteiger partial charge >= 0.3 is 0 Å². The van der Waals surface area contributed by atoms with Gasteiger partial charge in [-0.2, -0.15) is 0 Å². The highest BCUT2D eigenvalue weighted by atomic mass is 35.5. The van der Waals surface area contributed by atoms with Crippen molar-refractivity contribution in [3.8, 4) is 0 Å². The van der Waals surface area contributed by atoms with Gasteiger partial charge in [0.25, 0.3) is 5.91 Å². The molecule has 2 rings (SSSR count). The molecule has 0 bridgehead atoms. The van der Waals surface area contributed by atoms with E-state index in [1.165, 1.54) is 6.26 Å². The molecule has 0 saturated heterocycles. The Balaban J connectivity index is 2.01. The minimum atomic E-state index is -0.299. The Kier molecular flexibility index (Phi) is 4.60. The molecule has 1 atom stereocenters. The molecule has 0 fully saturated rings. The Bertz CT molecular complexity index is 539. The van der Waals surface area contributed by atoms with Crippen molar-refractivity contribution < 1.29 is 13.9 Å². The van der Waals surface area contributed by atoms with E-state index in [1.54, 1.807) is 25.3 Å². The Labute approximate surface area is 116 Å². The molecule has 0 unspecified atom stereocenters. The number of rotatable bonds is 5. The highest BCUT2D eigenvalue weighted by Crippen LogP contribution is 2.24. The van der Waals surface area contributed by atoms with Crippen LogP contribution in [0.1, 0.15) is 22.2 Å². The second-order valence-corrected chi connectivity index (χ2v) is 4.34. The SMILES string of the molecule is CO[C@@H](CNC(=O)c1ccco1)c1ccccc1Cl. The molecule has 1 N–H and O–H groups in total. The molecular weight excluding hydrogens is 266 g/mol. The minimum Gasteiger partial charge on any atom is -0.459 e. The molecule has 0 aliphatic carbocycles. The van der Waals surface area contributed by atoms with Gasteiger partial charge in [-0.15, -0.1) is 0 Å². The molecule has 0 aliphatic rings. The molecule has 0 aliphatic heterocycles. The van der Waals surface area contributed by atoms with Crippen LogP contribution in [0.25, 0.3) is 0 Å². The van der Waals surface area contributed by atoms with E-state index in [1.807, 2.05) is 18.2 Å². The second-order valence-electron chi connectivity index (χ2n) is 3.93. The number of nitrogens with one attached hydrogen (secondary N) is 1. The molecular formula is C14H14ClNO3. The van der Waals surface area contributed by atoms with Gasteiger partial charge in [0.2, 0.25) is 0 Å². The molecule has 1 aromatic carbocycles. The lowest BCUT2D eigenvalue weighted by atomic mass is 10.1. The smallest absolute Gasteiger partial charge is 0.287 e. The number of carbonyl (C=O) groups is 1. The Hall–Kier alpha value is -1.78. The molecule has 5 heteroatoms. The number of hydrogen-bond acceptors (Lipinski definition) is 3. The summed E-state index contributed by atoms with van der Waals surface area (Å²) in [6.45, 7) is 0.319. The van der Waals surface area contributed by atoms with Gasteiger partial charge in [0, 0.05) is 24.2 Å². The van der Waals surface area contributed by atoms with Gasteiger partial charge in [0.1, 0.15) is 6.10 Å². The molecule has 1 aromatic heterocycles. The van der Waals surface area contributed by atoms with Crippen LogP contribution in [0.4, 0.5) is 0 Å². The summed E-state index contributed by atoms with van der Waals surface area (Å²) < 4.78 is 10.4. The molecule has 0 radical (unpaired) electrons. The van der Waals surface area contributed by atoms with Crippen LogP contribution in [0.15, 0.2) is 47.1 Å². The normalized spacial score (nSPS) is 12.1. The second kappa shape index (κ2) is 6.41. The number of ether oxygens (including phenoxy) is 1. The van der Waals surface area contributed by atoms with Crippen LogP contribution in [0.5, 0.6) is 0 Å². The number of hydrogen-bond donors (Lipinski definition) is 1. The van der Waals surface area contributed by atoms with Gasteiger partial charge in [-0.3, -0.25) is 4.79 Å². The quantitative estimate of drug-likeness (QED) is 0.915.